The molecule has 2 heterocycles. The van der Waals surface area contributed by atoms with Crippen molar-refractivity contribution < 1.29 is 19.2 Å². The summed E-state index contributed by atoms with van der Waals surface area (Å²) in [6.07, 6.45) is 15.7. The normalized spacial score (nSPS) is 23.6. The number of phenols is 2. The third kappa shape index (κ3) is 9.09. The summed E-state index contributed by atoms with van der Waals surface area (Å²) in [6.45, 7) is 19.8. The summed E-state index contributed by atoms with van der Waals surface area (Å²) in [5.41, 5.74) is 6.15. The highest BCUT2D eigenvalue weighted by Gasteiger charge is 2.30. The molecule has 1 aliphatic carbocycles. The number of benzene rings is 2. The van der Waals surface area contributed by atoms with E-state index in [4.69, 9.17) is 9.98 Å². The first-order valence-corrected chi connectivity index (χ1v) is 19.0. The van der Waals surface area contributed by atoms with Gasteiger partial charge in [-0.3, -0.25) is 9.98 Å². The van der Waals surface area contributed by atoms with E-state index in [0.29, 0.717) is 11.5 Å². The third-order valence-electron chi connectivity index (χ3n) is 11.6. The number of hydrogen-bond donors (Lipinski definition) is 2. The Balaban J connectivity index is 1.42. The van der Waals surface area contributed by atoms with Gasteiger partial charge in [0.05, 0.1) is 52.4 Å². The van der Waals surface area contributed by atoms with Gasteiger partial charge in [-0.15, -0.1) is 0 Å². The molecular weight excluding hydrogens is 592 g/mol. The molecule has 1 saturated carbocycles. The number of likely N-dealkylation sites (tertiary alicyclic amines) is 2. The smallest absolute Gasteiger partial charge is 0.133 e. The van der Waals surface area contributed by atoms with Crippen LogP contribution >= 0.6 is 0 Å². The highest BCUT2D eigenvalue weighted by Crippen LogP contribution is 2.36. The second-order valence-electron chi connectivity index (χ2n) is 18.2. The number of rotatable bonds is 8. The van der Waals surface area contributed by atoms with Crippen LogP contribution in [0, 0.1) is 0 Å². The molecule has 0 amide bonds. The van der Waals surface area contributed by atoms with Gasteiger partial charge in [0.15, 0.2) is 0 Å². The van der Waals surface area contributed by atoms with Crippen molar-refractivity contribution in [2.75, 3.05) is 40.3 Å². The average Bonchev–Trinajstić information content (AvgIpc) is 3.01. The Labute approximate surface area is 292 Å². The Morgan fingerprint density at radius 3 is 1.27 bits per heavy atom. The number of quaternary nitrogens is 2. The first kappa shape index (κ1) is 36.6. The molecule has 48 heavy (non-hydrogen) atoms. The van der Waals surface area contributed by atoms with Crippen molar-refractivity contribution in [3.8, 4) is 11.5 Å². The van der Waals surface area contributed by atoms with Gasteiger partial charge in [-0.2, -0.15) is 0 Å². The minimum Gasteiger partial charge on any atom is -0.507 e. The van der Waals surface area contributed by atoms with E-state index < -0.39 is 0 Å². The van der Waals surface area contributed by atoms with Crippen molar-refractivity contribution in [2.45, 2.75) is 142 Å². The van der Waals surface area contributed by atoms with Crippen LogP contribution in [0.4, 0.5) is 0 Å². The Hall–Kier alpha value is -2.70. The van der Waals surface area contributed by atoms with Crippen molar-refractivity contribution in [3.63, 3.8) is 0 Å². The van der Waals surface area contributed by atoms with Gasteiger partial charge in [0, 0.05) is 34.7 Å². The molecule has 2 atom stereocenters. The van der Waals surface area contributed by atoms with Crippen LogP contribution in [0.25, 0.3) is 0 Å². The minimum absolute atomic E-state index is 0.0289. The fourth-order valence-corrected chi connectivity index (χ4v) is 8.22. The summed E-state index contributed by atoms with van der Waals surface area (Å²) in [6, 6.07) is 8.85. The molecule has 0 bridgehead atoms. The zero-order valence-electron chi connectivity index (χ0n) is 31.6. The van der Waals surface area contributed by atoms with Crippen molar-refractivity contribution in [2.24, 2.45) is 9.98 Å². The second kappa shape index (κ2) is 14.6. The summed E-state index contributed by atoms with van der Waals surface area (Å²) in [5, 5.41) is 23.2. The zero-order valence-corrected chi connectivity index (χ0v) is 31.6. The van der Waals surface area contributed by atoms with Crippen LogP contribution in [0.2, 0.25) is 0 Å². The average molecular weight is 659 g/mol. The van der Waals surface area contributed by atoms with Crippen molar-refractivity contribution in [1.29, 1.82) is 0 Å². The summed E-state index contributed by atoms with van der Waals surface area (Å²) in [5.74, 6) is 0.767. The maximum absolute atomic E-state index is 11.6. The molecule has 0 aromatic heterocycles. The molecule has 2 N–H and O–H groups in total. The van der Waals surface area contributed by atoms with Gasteiger partial charge in [0.2, 0.25) is 0 Å². The topological polar surface area (TPSA) is 65.2 Å². The van der Waals surface area contributed by atoms with E-state index in [0.717, 1.165) is 70.0 Å². The van der Waals surface area contributed by atoms with E-state index in [1.54, 1.807) is 0 Å². The van der Waals surface area contributed by atoms with E-state index in [1.165, 1.54) is 75.8 Å². The summed E-state index contributed by atoms with van der Waals surface area (Å²) in [7, 11) is 4.68. The van der Waals surface area contributed by atoms with E-state index >= 15 is 0 Å². The Morgan fingerprint density at radius 2 is 0.938 bits per heavy atom. The molecule has 6 nitrogen and oxygen atoms in total. The maximum Gasteiger partial charge on any atom is 0.133 e. The molecular formula is C42H66N4O2+2. The van der Waals surface area contributed by atoms with Gasteiger partial charge in [-0.25, -0.2) is 0 Å². The van der Waals surface area contributed by atoms with Crippen LogP contribution in [0.3, 0.4) is 0 Å². The molecule has 0 spiro atoms. The van der Waals surface area contributed by atoms with Gasteiger partial charge in [0.25, 0.3) is 0 Å². The van der Waals surface area contributed by atoms with E-state index in [-0.39, 0.29) is 22.9 Å². The predicted molar refractivity (Wildman–Crippen MR) is 202 cm³/mol. The lowest BCUT2D eigenvalue weighted by Crippen LogP contribution is -2.47. The van der Waals surface area contributed by atoms with Crippen molar-refractivity contribution >= 4 is 12.4 Å². The largest absolute Gasteiger partial charge is 0.507 e. The van der Waals surface area contributed by atoms with Gasteiger partial charge < -0.3 is 19.2 Å². The van der Waals surface area contributed by atoms with Gasteiger partial charge in [0.1, 0.15) is 24.6 Å². The van der Waals surface area contributed by atoms with E-state index in [2.05, 4.69) is 79.9 Å². The number of phenolic OH excluding ortho intramolecular Hbond substituents is 2. The molecule has 2 aromatic rings. The molecule has 3 fully saturated rings. The predicted octanol–water partition coefficient (Wildman–Crippen LogP) is 8.80. The maximum atomic E-state index is 11.6. The molecule has 3 aliphatic rings. The standard InChI is InChI=1S/C42H64N4O2/c1-41(2,3)35-23-31(39(47)33(25-35)29-45(7)19-13-9-14-20-45)27-43-37-17-11-12-18-38(37)44-28-32-24-36(42(4,5)6)26-34(40(32)48)30-46(8)21-15-10-16-22-46/h23-28,37-38H,9-22,29-30H2,1-8H3/p+2/t37-,38-/m1/s1. The second-order valence-corrected chi connectivity index (χ2v) is 18.2. The number of nitrogens with zero attached hydrogens (tertiary/aromatic N) is 4. The van der Waals surface area contributed by atoms with E-state index in [9.17, 15) is 10.2 Å². The van der Waals surface area contributed by atoms with Crippen LogP contribution in [0.5, 0.6) is 11.5 Å². The SMILES string of the molecule is CC(C)(C)c1cc(/C=N/[C@@H]2CCCC[C@H]2/N=C/c2cc(C(C)(C)C)cc(C[N+]3(C)CCCCC3)c2O)c(O)c(C[N+]2(C)CCCCC2)c1. The lowest BCUT2D eigenvalue weighted by molar-refractivity contribution is -0.926. The number of hydrogen-bond acceptors (Lipinski definition) is 4. The third-order valence-corrected chi connectivity index (χ3v) is 11.6. The lowest BCUT2D eigenvalue weighted by atomic mass is 9.84. The Bertz CT molecular complexity index is 1350. The monoisotopic (exact) mass is 659 g/mol. The summed E-state index contributed by atoms with van der Waals surface area (Å²) in [4.78, 5) is 10.3. The molecule has 2 saturated heterocycles. The fraction of sp³-hybridized carbons (Fsp3) is 0.667. The van der Waals surface area contributed by atoms with Crippen LogP contribution in [0.15, 0.2) is 34.3 Å². The van der Waals surface area contributed by atoms with Gasteiger partial charge in [-0.1, -0.05) is 54.4 Å². The number of piperidine rings is 2. The first-order valence-electron chi connectivity index (χ1n) is 19.0. The van der Waals surface area contributed by atoms with E-state index in [1.807, 2.05) is 12.4 Å². The number of aliphatic imine (C=N–C) groups is 2. The first-order chi connectivity index (χ1) is 22.6. The van der Waals surface area contributed by atoms with Crippen LogP contribution < -0.4 is 0 Å². The van der Waals surface area contributed by atoms with Crippen molar-refractivity contribution in [3.05, 3.63) is 57.6 Å². The molecule has 6 heteroatoms. The highest BCUT2D eigenvalue weighted by molar-refractivity contribution is 5.86. The van der Waals surface area contributed by atoms with Gasteiger partial charge in [-0.05, 0) is 97.6 Å². The molecule has 5 rings (SSSR count). The zero-order chi connectivity index (χ0) is 34.7. The number of aromatic hydroxyl groups is 2. The molecule has 2 aromatic carbocycles. The fourth-order valence-electron chi connectivity index (χ4n) is 8.22. The highest BCUT2D eigenvalue weighted by atomic mass is 16.3. The molecule has 0 unspecified atom stereocenters. The van der Waals surface area contributed by atoms with Crippen LogP contribution in [-0.2, 0) is 23.9 Å². The molecule has 0 radical (unpaired) electrons. The van der Waals surface area contributed by atoms with Crippen LogP contribution in [-0.4, -0.2) is 84.0 Å². The Morgan fingerprint density at radius 1 is 0.583 bits per heavy atom. The lowest BCUT2D eigenvalue weighted by Gasteiger charge is -2.38. The molecule has 264 valence electrons. The Kier molecular flexibility index (Phi) is 11.2. The van der Waals surface area contributed by atoms with Gasteiger partial charge >= 0.3 is 0 Å². The summed E-state index contributed by atoms with van der Waals surface area (Å²) >= 11 is 0. The quantitative estimate of drug-likeness (QED) is 0.220. The summed E-state index contributed by atoms with van der Waals surface area (Å²) < 4.78 is 1.97. The minimum atomic E-state index is -0.0289. The van der Waals surface area contributed by atoms with Crippen molar-refractivity contribution in [1.82, 2.24) is 0 Å². The molecule has 2 aliphatic heterocycles. The van der Waals surface area contributed by atoms with Crippen LogP contribution in [0.1, 0.15) is 139 Å².